The van der Waals surface area contributed by atoms with Crippen molar-refractivity contribution in [2.75, 3.05) is 13.2 Å². The van der Waals surface area contributed by atoms with E-state index in [4.69, 9.17) is 4.74 Å². The number of rotatable bonds is 7. The summed E-state index contributed by atoms with van der Waals surface area (Å²) in [6.45, 7) is 5.47. The van der Waals surface area contributed by atoms with Crippen LogP contribution in [0.4, 0.5) is 0 Å². The molecule has 0 heterocycles. The van der Waals surface area contributed by atoms with E-state index in [9.17, 15) is 4.79 Å². The highest BCUT2D eigenvalue weighted by Gasteiger charge is 1.98. The maximum Gasteiger partial charge on any atom is 0.132 e. The third kappa shape index (κ3) is 7.53. The lowest BCUT2D eigenvalue weighted by molar-refractivity contribution is -0.119. The average Bonchev–Trinajstić information content (AvgIpc) is 1.99. The predicted molar refractivity (Wildman–Crippen MR) is 45.6 cm³/mol. The van der Waals surface area contributed by atoms with Gasteiger partial charge in [-0.1, -0.05) is 6.92 Å². The van der Waals surface area contributed by atoms with Gasteiger partial charge in [-0.3, -0.25) is 4.79 Å². The number of carbonyl (C=O) groups excluding carboxylic acids is 1. The second kappa shape index (κ2) is 7.73. The van der Waals surface area contributed by atoms with E-state index in [1.807, 2.05) is 13.8 Å². The Hall–Kier alpha value is -0.370. The van der Waals surface area contributed by atoms with Crippen LogP contribution in [-0.2, 0) is 9.53 Å². The molecule has 0 N–H and O–H groups in total. The van der Waals surface area contributed by atoms with Crippen LogP contribution in [-0.4, -0.2) is 19.0 Å². The first kappa shape index (κ1) is 10.6. The fraction of sp³-hybridized carbons (Fsp3) is 0.889. The van der Waals surface area contributed by atoms with Crippen molar-refractivity contribution >= 4 is 5.78 Å². The quantitative estimate of drug-likeness (QED) is 0.531. The summed E-state index contributed by atoms with van der Waals surface area (Å²) in [5.41, 5.74) is 0. The molecule has 11 heavy (non-hydrogen) atoms. The molecule has 0 fully saturated rings. The van der Waals surface area contributed by atoms with Crippen LogP contribution >= 0.6 is 0 Å². The molecule has 0 aliphatic carbocycles. The van der Waals surface area contributed by atoms with Crippen LogP contribution in [0.5, 0.6) is 0 Å². The minimum absolute atomic E-state index is 0.368. The molecule has 0 aromatic carbocycles. The van der Waals surface area contributed by atoms with E-state index in [2.05, 4.69) is 0 Å². The number of carbonyl (C=O) groups is 1. The molecule has 2 heteroatoms. The van der Waals surface area contributed by atoms with Gasteiger partial charge < -0.3 is 4.74 Å². The van der Waals surface area contributed by atoms with Crippen molar-refractivity contribution < 1.29 is 9.53 Å². The third-order valence-electron chi connectivity index (χ3n) is 1.48. The Balaban J connectivity index is 3.04. The first-order chi connectivity index (χ1) is 5.31. The maximum absolute atomic E-state index is 11.0. The summed E-state index contributed by atoms with van der Waals surface area (Å²) >= 11 is 0. The predicted octanol–water partition coefficient (Wildman–Crippen LogP) is 2.17. The van der Waals surface area contributed by atoms with Gasteiger partial charge in [-0.25, -0.2) is 0 Å². The van der Waals surface area contributed by atoms with Crippen molar-refractivity contribution in [2.45, 2.75) is 39.5 Å². The Morgan fingerprint density at radius 1 is 1.27 bits per heavy atom. The molecule has 0 aliphatic rings. The Morgan fingerprint density at radius 2 is 2.00 bits per heavy atom. The zero-order chi connectivity index (χ0) is 8.53. The average molecular weight is 158 g/mol. The van der Waals surface area contributed by atoms with Gasteiger partial charge in [-0.2, -0.15) is 0 Å². The zero-order valence-corrected chi connectivity index (χ0v) is 7.56. The van der Waals surface area contributed by atoms with E-state index < -0.39 is 0 Å². The maximum atomic E-state index is 11.0. The van der Waals surface area contributed by atoms with Crippen LogP contribution in [0.15, 0.2) is 0 Å². The zero-order valence-electron chi connectivity index (χ0n) is 7.56. The molecule has 0 aliphatic heterocycles. The van der Waals surface area contributed by atoms with Gasteiger partial charge in [0.2, 0.25) is 0 Å². The van der Waals surface area contributed by atoms with Crippen molar-refractivity contribution in [2.24, 2.45) is 0 Å². The Morgan fingerprint density at radius 3 is 2.55 bits per heavy atom. The van der Waals surface area contributed by atoms with Crippen molar-refractivity contribution in [3.05, 3.63) is 0 Å². The molecule has 0 saturated carbocycles. The number of ketones is 1. The van der Waals surface area contributed by atoms with Crippen molar-refractivity contribution in [3.8, 4) is 0 Å². The van der Waals surface area contributed by atoms with E-state index in [0.29, 0.717) is 12.2 Å². The lowest BCUT2D eigenvalue weighted by Gasteiger charge is -1.99. The van der Waals surface area contributed by atoms with Gasteiger partial charge in [0.15, 0.2) is 0 Å². The summed E-state index contributed by atoms with van der Waals surface area (Å²) in [7, 11) is 0. The molecular formula is C9H18O2. The Kier molecular flexibility index (Phi) is 7.47. The summed E-state index contributed by atoms with van der Waals surface area (Å²) < 4.78 is 5.11. The smallest absolute Gasteiger partial charge is 0.132 e. The fourth-order valence-corrected chi connectivity index (χ4v) is 0.920. The molecule has 0 atom stereocenters. The summed E-state index contributed by atoms with van der Waals surface area (Å²) in [5, 5.41) is 0. The van der Waals surface area contributed by atoms with Crippen LogP contribution in [0.25, 0.3) is 0 Å². The molecule has 0 radical (unpaired) electrons. The molecule has 0 aromatic rings. The van der Waals surface area contributed by atoms with Gasteiger partial charge in [0, 0.05) is 26.1 Å². The van der Waals surface area contributed by atoms with Crippen molar-refractivity contribution in [1.82, 2.24) is 0 Å². The molecule has 0 amide bonds. The van der Waals surface area contributed by atoms with Crippen LogP contribution < -0.4 is 0 Å². The van der Waals surface area contributed by atoms with Gasteiger partial charge in [0.1, 0.15) is 5.78 Å². The molecule has 66 valence electrons. The molecule has 0 rings (SSSR count). The van der Waals surface area contributed by atoms with E-state index in [1.165, 1.54) is 0 Å². The molecule has 0 saturated heterocycles. The van der Waals surface area contributed by atoms with E-state index in [0.717, 1.165) is 32.5 Å². The summed E-state index contributed by atoms with van der Waals surface area (Å²) in [4.78, 5) is 11.0. The molecular weight excluding hydrogens is 140 g/mol. The van der Waals surface area contributed by atoms with E-state index in [1.54, 1.807) is 0 Å². The topological polar surface area (TPSA) is 26.3 Å². The van der Waals surface area contributed by atoms with E-state index in [-0.39, 0.29) is 0 Å². The SMILES string of the molecule is CCCC(=O)CCCOCC. The van der Waals surface area contributed by atoms with Crippen molar-refractivity contribution in [3.63, 3.8) is 0 Å². The van der Waals surface area contributed by atoms with Gasteiger partial charge in [-0.05, 0) is 19.8 Å². The van der Waals surface area contributed by atoms with E-state index >= 15 is 0 Å². The van der Waals surface area contributed by atoms with Crippen molar-refractivity contribution in [1.29, 1.82) is 0 Å². The van der Waals surface area contributed by atoms with Crippen LogP contribution in [0, 0.1) is 0 Å². The first-order valence-corrected chi connectivity index (χ1v) is 4.40. The number of ether oxygens (including phenoxy) is 1. The normalized spacial score (nSPS) is 10.0. The van der Waals surface area contributed by atoms with Gasteiger partial charge in [0.25, 0.3) is 0 Å². The highest BCUT2D eigenvalue weighted by molar-refractivity contribution is 5.78. The number of Topliss-reactive ketones (excluding diaryl/α,β-unsaturated/α-hetero) is 1. The second-order valence-electron chi connectivity index (χ2n) is 2.59. The molecule has 0 spiro atoms. The first-order valence-electron chi connectivity index (χ1n) is 4.40. The lowest BCUT2D eigenvalue weighted by Crippen LogP contribution is -2.00. The van der Waals surface area contributed by atoms with Crippen LogP contribution in [0.3, 0.4) is 0 Å². The second-order valence-corrected chi connectivity index (χ2v) is 2.59. The monoisotopic (exact) mass is 158 g/mol. The molecule has 2 nitrogen and oxygen atoms in total. The minimum atomic E-state index is 0.368. The number of hydrogen-bond acceptors (Lipinski definition) is 2. The van der Waals surface area contributed by atoms with Crippen LogP contribution in [0.1, 0.15) is 39.5 Å². The highest BCUT2D eigenvalue weighted by Crippen LogP contribution is 1.97. The summed E-state index contributed by atoms with van der Waals surface area (Å²) in [5.74, 6) is 0.368. The van der Waals surface area contributed by atoms with Gasteiger partial charge in [0.05, 0.1) is 0 Å². The highest BCUT2D eigenvalue weighted by atomic mass is 16.5. The lowest BCUT2D eigenvalue weighted by atomic mass is 10.1. The number of hydrogen-bond donors (Lipinski definition) is 0. The van der Waals surface area contributed by atoms with Crippen LogP contribution in [0.2, 0.25) is 0 Å². The fourth-order valence-electron chi connectivity index (χ4n) is 0.920. The van der Waals surface area contributed by atoms with Gasteiger partial charge in [-0.15, -0.1) is 0 Å². The molecule has 0 bridgehead atoms. The summed E-state index contributed by atoms with van der Waals surface area (Å²) in [6, 6.07) is 0. The molecule has 0 aromatic heterocycles. The Bertz CT molecular complexity index is 99.7. The standard InChI is InChI=1S/C9H18O2/c1-3-6-9(10)7-5-8-11-4-2/h3-8H2,1-2H3. The Labute approximate surface area is 68.9 Å². The molecule has 0 unspecified atom stereocenters. The van der Waals surface area contributed by atoms with Gasteiger partial charge >= 0.3 is 0 Å². The minimum Gasteiger partial charge on any atom is -0.382 e. The third-order valence-corrected chi connectivity index (χ3v) is 1.48. The largest absolute Gasteiger partial charge is 0.382 e. The summed E-state index contributed by atoms with van der Waals surface area (Å²) in [6.07, 6.45) is 3.26.